The molecule has 6 nitrogen and oxygen atoms in total. The van der Waals surface area contributed by atoms with Gasteiger partial charge in [0.1, 0.15) is 17.2 Å². The van der Waals surface area contributed by atoms with Gasteiger partial charge in [0.15, 0.2) is 0 Å². The van der Waals surface area contributed by atoms with Crippen LogP contribution < -0.4 is 5.32 Å². The van der Waals surface area contributed by atoms with Crippen molar-refractivity contribution in [1.29, 1.82) is 0 Å². The molecule has 0 radical (unpaired) electrons. The van der Waals surface area contributed by atoms with Gasteiger partial charge in [-0.1, -0.05) is 6.07 Å². The summed E-state index contributed by atoms with van der Waals surface area (Å²) in [6, 6.07) is 3.91. The largest absolute Gasteiger partial charge is 0.444 e. The Balaban J connectivity index is 1.44. The first-order valence-electron chi connectivity index (χ1n) is 10.5. The van der Waals surface area contributed by atoms with Gasteiger partial charge in [-0.25, -0.2) is 9.78 Å². The van der Waals surface area contributed by atoms with Gasteiger partial charge < -0.3 is 9.64 Å². The summed E-state index contributed by atoms with van der Waals surface area (Å²) in [6.45, 7) is 8.85. The van der Waals surface area contributed by atoms with Gasteiger partial charge >= 0.3 is 6.09 Å². The lowest BCUT2D eigenvalue weighted by molar-refractivity contribution is -0.121. The molecule has 0 spiro atoms. The van der Waals surface area contributed by atoms with Gasteiger partial charge in [0.05, 0.1) is 0 Å². The third-order valence-electron chi connectivity index (χ3n) is 5.65. The van der Waals surface area contributed by atoms with Gasteiger partial charge in [-0.3, -0.25) is 10.1 Å². The van der Waals surface area contributed by atoms with E-state index in [9.17, 15) is 9.59 Å². The second-order valence-corrected chi connectivity index (χ2v) is 9.16. The molecular weight excluding hydrogens is 354 g/mol. The molecule has 3 rings (SSSR count). The molecule has 1 aromatic rings. The van der Waals surface area contributed by atoms with Crippen LogP contribution in [0.2, 0.25) is 0 Å². The number of ether oxygens (including phenoxy) is 1. The molecule has 28 heavy (non-hydrogen) atoms. The van der Waals surface area contributed by atoms with Gasteiger partial charge in [0, 0.05) is 25.6 Å². The van der Waals surface area contributed by atoms with Crippen molar-refractivity contribution in [2.75, 3.05) is 25.0 Å². The van der Waals surface area contributed by atoms with Crippen molar-refractivity contribution in [2.45, 2.75) is 70.8 Å². The average Bonchev–Trinajstić information content (AvgIpc) is 2.63. The lowest BCUT2D eigenvalue weighted by atomic mass is 9.86. The number of ketones is 1. The summed E-state index contributed by atoms with van der Waals surface area (Å²) >= 11 is 0. The molecule has 1 aliphatic heterocycles. The van der Waals surface area contributed by atoms with Gasteiger partial charge in [0.25, 0.3) is 0 Å². The molecule has 0 atom stereocenters. The summed E-state index contributed by atoms with van der Waals surface area (Å²) < 4.78 is 5.25. The van der Waals surface area contributed by atoms with Crippen molar-refractivity contribution in [2.24, 2.45) is 5.92 Å². The molecule has 0 bridgehead atoms. The normalized spacial score (nSPS) is 20.2. The summed E-state index contributed by atoms with van der Waals surface area (Å²) in [5.41, 5.74) is 0.711. The number of hydrogen-bond donors (Lipinski definition) is 1. The van der Waals surface area contributed by atoms with Crippen molar-refractivity contribution >= 4 is 17.7 Å². The van der Waals surface area contributed by atoms with E-state index in [2.05, 4.69) is 21.3 Å². The van der Waals surface area contributed by atoms with Crippen LogP contribution >= 0.6 is 0 Å². The fourth-order valence-electron chi connectivity index (χ4n) is 4.13. The third-order valence-corrected chi connectivity index (χ3v) is 5.65. The van der Waals surface area contributed by atoms with Gasteiger partial charge in [-0.2, -0.15) is 0 Å². The number of aromatic nitrogens is 1. The Morgan fingerprint density at radius 2 is 1.86 bits per heavy atom. The molecular formula is C22H33N3O3. The number of carbonyl (C=O) groups excluding carboxylic acids is 2. The zero-order valence-corrected chi connectivity index (χ0v) is 17.4. The van der Waals surface area contributed by atoms with Crippen LogP contribution in [-0.2, 0) is 9.53 Å². The highest BCUT2D eigenvalue weighted by atomic mass is 16.6. The van der Waals surface area contributed by atoms with E-state index in [0.717, 1.165) is 58.2 Å². The summed E-state index contributed by atoms with van der Waals surface area (Å²) in [5, 5.41) is 2.68. The monoisotopic (exact) mass is 387 g/mol. The molecule has 6 heteroatoms. The molecule has 2 aliphatic rings. The summed E-state index contributed by atoms with van der Waals surface area (Å²) in [4.78, 5) is 30.2. The first kappa shape index (κ1) is 20.8. The second-order valence-electron chi connectivity index (χ2n) is 9.16. The number of rotatable bonds is 4. The maximum atomic E-state index is 11.8. The number of nitrogens with one attached hydrogen (secondary N) is 1. The Bertz CT molecular complexity index is 663. The zero-order valence-electron chi connectivity index (χ0n) is 17.4. The lowest BCUT2D eigenvalue weighted by Crippen LogP contribution is -2.37. The molecule has 0 unspecified atom stereocenters. The Kier molecular flexibility index (Phi) is 6.70. The van der Waals surface area contributed by atoms with Crippen molar-refractivity contribution in [3.05, 3.63) is 23.9 Å². The molecule has 1 saturated heterocycles. The minimum Gasteiger partial charge on any atom is -0.444 e. The summed E-state index contributed by atoms with van der Waals surface area (Å²) in [5.74, 6) is 2.16. The Morgan fingerprint density at radius 1 is 1.18 bits per heavy atom. The predicted molar refractivity (Wildman–Crippen MR) is 109 cm³/mol. The summed E-state index contributed by atoms with van der Waals surface area (Å²) in [6.07, 6.45) is 7.33. The molecule has 154 valence electrons. The number of carbonyl (C=O) groups is 2. The number of pyridine rings is 1. The number of anilines is 1. The van der Waals surface area contributed by atoms with E-state index in [0.29, 0.717) is 23.4 Å². The van der Waals surface area contributed by atoms with Crippen molar-refractivity contribution in [3.8, 4) is 0 Å². The maximum Gasteiger partial charge on any atom is 0.413 e. The number of likely N-dealkylation sites (tertiary alicyclic amines) is 1. The van der Waals surface area contributed by atoms with E-state index in [1.807, 2.05) is 33.0 Å². The minimum atomic E-state index is -0.523. The third kappa shape index (κ3) is 6.30. The number of nitrogens with zero attached hydrogens (tertiary/aromatic N) is 2. The minimum absolute atomic E-state index is 0.437. The maximum absolute atomic E-state index is 11.8. The van der Waals surface area contributed by atoms with Crippen LogP contribution in [-0.4, -0.2) is 47.0 Å². The Hall–Kier alpha value is -1.95. The van der Waals surface area contributed by atoms with Crippen molar-refractivity contribution in [3.63, 3.8) is 0 Å². The van der Waals surface area contributed by atoms with E-state index in [-0.39, 0.29) is 0 Å². The van der Waals surface area contributed by atoms with Gasteiger partial charge in [-0.15, -0.1) is 0 Å². The summed E-state index contributed by atoms with van der Waals surface area (Å²) in [7, 11) is 0. The van der Waals surface area contributed by atoms with Crippen LogP contribution in [0.4, 0.5) is 10.6 Å². The van der Waals surface area contributed by atoms with E-state index in [1.54, 1.807) is 0 Å². The van der Waals surface area contributed by atoms with Crippen molar-refractivity contribution < 1.29 is 14.3 Å². The van der Waals surface area contributed by atoms with Crippen LogP contribution in [0, 0.1) is 5.92 Å². The fourth-order valence-corrected chi connectivity index (χ4v) is 4.13. The van der Waals surface area contributed by atoms with E-state index in [4.69, 9.17) is 4.74 Å². The van der Waals surface area contributed by atoms with Gasteiger partial charge in [-0.05, 0) is 83.0 Å². The van der Waals surface area contributed by atoms with Crippen molar-refractivity contribution in [1.82, 2.24) is 9.88 Å². The van der Waals surface area contributed by atoms with Crippen LogP contribution in [0.3, 0.4) is 0 Å². The number of Topliss-reactive ketones (excluding diaryl/α,β-unsaturated/α-hetero) is 1. The fraction of sp³-hybridized carbons (Fsp3) is 0.682. The van der Waals surface area contributed by atoms with E-state index >= 15 is 0 Å². The highest BCUT2D eigenvalue weighted by molar-refractivity contribution is 5.83. The molecule has 1 amide bonds. The lowest BCUT2D eigenvalue weighted by Gasteiger charge is -2.35. The highest BCUT2D eigenvalue weighted by Crippen LogP contribution is 2.30. The first-order valence-corrected chi connectivity index (χ1v) is 10.5. The Morgan fingerprint density at radius 3 is 2.43 bits per heavy atom. The number of hydrogen-bond acceptors (Lipinski definition) is 5. The molecule has 2 fully saturated rings. The first-order chi connectivity index (χ1) is 13.3. The average molecular weight is 388 g/mol. The van der Waals surface area contributed by atoms with Crippen LogP contribution in [0.15, 0.2) is 18.3 Å². The van der Waals surface area contributed by atoms with Crippen LogP contribution in [0.1, 0.15) is 70.8 Å². The molecule has 0 aromatic carbocycles. The van der Waals surface area contributed by atoms with E-state index in [1.165, 1.54) is 5.56 Å². The van der Waals surface area contributed by atoms with Crippen LogP contribution in [0.5, 0.6) is 0 Å². The second kappa shape index (κ2) is 9.03. The molecule has 1 aromatic heterocycles. The quantitative estimate of drug-likeness (QED) is 0.831. The number of amides is 1. The Labute approximate surface area is 168 Å². The molecule has 2 heterocycles. The smallest absolute Gasteiger partial charge is 0.413 e. The number of piperidine rings is 1. The highest BCUT2D eigenvalue weighted by Gasteiger charge is 2.25. The molecule has 1 aliphatic carbocycles. The molecule has 1 saturated carbocycles. The zero-order chi connectivity index (χ0) is 20.1. The SMILES string of the molecule is CC(C)(C)OC(=O)Nc1ccc(C2CCN(CC3CCC(=O)CC3)CC2)cn1. The molecule has 1 N–H and O–H groups in total. The predicted octanol–water partition coefficient (Wildman–Crippen LogP) is 4.37. The topological polar surface area (TPSA) is 71.5 Å². The van der Waals surface area contributed by atoms with Gasteiger partial charge in [0.2, 0.25) is 0 Å². The van der Waals surface area contributed by atoms with Crippen LogP contribution in [0.25, 0.3) is 0 Å². The standard InChI is InChI=1S/C22H33N3O3/c1-22(2,3)28-21(27)24-20-9-6-18(14-23-20)17-10-12-25(13-11-17)15-16-4-7-19(26)8-5-16/h6,9,14,16-17H,4-5,7-8,10-13,15H2,1-3H3,(H,23,24,27). The van der Waals surface area contributed by atoms with E-state index < -0.39 is 11.7 Å².